The van der Waals surface area contributed by atoms with Gasteiger partial charge in [-0.25, -0.2) is 0 Å². The lowest BCUT2D eigenvalue weighted by Gasteiger charge is -2.31. The van der Waals surface area contributed by atoms with Crippen molar-refractivity contribution in [1.29, 1.82) is 0 Å². The number of nitrogens with one attached hydrogen (secondary N) is 1. The highest BCUT2D eigenvalue weighted by Gasteiger charge is 2.31. The predicted octanol–water partition coefficient (Wildman–Crippen LogP) is 0.859. The minimum atomic E-state index is -1.10. The second-order valence-electron chi connectivity index (χ2n) is 5.02. The first-order chi connectivity index (χ1) is 9.18. The number of hydrogen-bond acceptors (Lipinski definition) is 3. The van der Waals surface area contributed by atoms with Gasteiger partial charge in [0.25, 0.3) is 0 Å². The van der Waals surface area contributed by atoms with Gasteiger partial charge < -0.3 is 15.2 Å². The summed E-state index contributed by atoms with van der Waals surface area (Å²) in [5.74, 6) is -2.34. The highest BCUT2D eigenvalue weighted by Crippen LogP contribution is 2.29. The molecule has 0 heterocycles. The summed E-state index contributed by atoms with van der Waals surface area (Å²) in [6.45, 7) is 0.440. The second-order valence-corrected chi connectivity index (χ2v) is 5.02. The average molecular weight is 260 g/mol. The molecule has 1 aromatic rings. The molecule has 2 unspecified atom stereocenters. The van der Waals surface area contributed by atoms with Crippen LogP contribution in [0, 0.1) is 11.8 Å². The number of aliphatic carboxylic acids is 1. The third-order valence-electron chi connectivity index (χ3n) is 3.72. The van der Waals surface area contributed by atoms with Gasteiger partial charge in [0, 0.05) is 24.3 Å². The van der Waals surface area contributed by atoms with Gasteiger partial charge >= 0.3 is 0 Å². The monoisotopic (exact) mass is 260 g/mol. The fraction of sp³-hybridized carbons (Fsp3) is 0.467. The molecular weight excluding hydrogens is 242 g/mol. The molecule has 2 atom stereocenters. The average Bonchev–Trinajstić information content (AvgIpc) is 2.46. The predicted molar refractivity (Wildman–Crippen MR) is 68.7 cm³/mol. The van der Waals surface area contributed by atoms with Gasteiger partial charge in [-0.2, -0.15) is 0 Å². The molecule has 1 aliphatic rings. The van der Waals surface area contributed by atoms with E-state index in [2.05, 4.69) is 5.32 Å². The van der Waals surface area contributed by atoms with Crippen LogP contribution >= 0.6 is 0 Å². The maximum absolute atomic E-state index is 12.1. The van der Waals surface area contributed by atoms with Crippen molar-refractivity contribution in [2.45, 2.75) is 32.2 Å². The Morgan fingerprint density at radius 3 is 2.37 bits per heavy atom. The molecule has 2 rings (SSSR count). The summed E-state index contributed by atoms with van der Waals surface area (Å²) in [5, 5.41) is 13.9. The molecule has 0 saturated heterocycles. The van der Waals surface area contributed by atoms with Crippen LogP contribution in [0.4, 0.5) is 0 Å². The molecule has 0 bridgehead atoms. The Hall–Kier alpha value is -1.84. The first kappa shape index (κ1) is 13.6. The van der Waals surface area contributed by atoms with Crippen LogP contribution in [-0.2, 0) is 16.1 Å². The van der Waals surface area contributed by atoms with Gasteiger partial charge in [-0.05, 0) is 18.4 Å². The standard InChI is InChI=1S/C15H19NO3/c17-14(16-10-11-6-2-1-3-7-11)12-8-4-5-9-13(12)15(18)19/h1-3,6-7,12-13H,4-5,8-10H2,(H,16,17)(H,18,19)/p-1. The van der Waals surface area contributed by atoms with Crippen LogP contribution in [0.15, 0.2) is 30.3 Å². The first-order valence-electron chi connectivity index (χ1n) is 6.71. The van der Waals surface area contributed by atoms with Crippen LogP contribution < -0.4 is 10.4 Å². The van der Waals surface area contributed by atoms with E-state index in [1.807, 2.05) is 30.3 Å². The van der Waals surface area contributed by atoms with Crippen molar-refractivity contribution in [1.82, 2.24) is 5.32 Å². The number of carboxylic acids is 1. The normalized spacial score (nSPS) is 22.7. The molecule has 4 nitrogen and oxygen atoms in total. The highest BCUT2D eigenvalue weighted by molar-refractivity contribution is 5.84. The fourth-order valence-electron chi connectivity index (χ4n) is 2.64. The molecule has 1 N–H and O–H groups in total. The maximum atomic E-state index is 12.1. The molecule has 1 aromatic carbocycles. The quantitative estimate of drug-likeness (QED) is 0.873. The van der Waals surface area contributed by atoms with E-state index in [0.717, 1.165) is 18.4 Å². The maximum Gasteiger partial charge on any atom is 0.224 e. The summed E-state index contributed by atoms with van der Waals surface area (Å²) >= 11 is 0. The molecule has 0 spiro atoms. The Kier molecular flexibility index (Phi) is 4.55. The van der Waals surface area contributed by atoms with E-state index in [1.165, 1.54) is 0 Å². The van der Waals surface area contributed by atoms with Crippen molar-refractivity contribution in [3.63, 3.8) is 0 Å². The second kappa shape index (κ2) is 6.36. The van der Waals surface area contributed by atoms with E-state index in [0.29, 0.717) is 19.4 Å². The van der Waals surface area contributed by atoms with Crippen molar-refractivity contribution in [2.75, 3.05) is 0 Å². The Labute approximate surface area is 112 Å². The van der Waals surface area contributed by atoms with E-state index in [4.69, 9.17) is 0 Å². The summed E-state index contributed by atoms with van der Waals surface area (Å²) in [7, 11) is 0. The summed E-state index contributed by atoms with van der Waals surface area (Å²) in [4.78, 5) is 23.1. The van der Waals surface area contributed by atoms with Gasteiger partial charge in [0.15, 0.2) is 0 Å². The number of amides is 1. The summed E-state index contributed by atoms with van der Waals surface area (Å²) in [6.07, 6.45) is 2.96. The Morgan fingerprint density at radius 1 is 1.11 bits per heavy atom. The van der Waals surface area contributed by atoms with Gasteiger partial charge in [-0.3, -0.25) is 4.79 Å². The van der Waals surface area contributed by atoms with Crippen molar-refractivity contribution in [3.8, 4) is 0 Å². The van der Waals surface area contributed by atoms with Gasteiger partial charge in [-0.15, -0.1) is 0 Å². The number of carboxylic acid groups (broad SMARTS) is 1. The van der Waals surface area contributed by atoms with E-state index in [1.54, 1.807) is 0 Å². The number of benzene rings is 1. The Bertz CT molecular complexity index is 444. The zero-order chi connectivity index (χ0) is 13.7. The minimum absolute atomic E-state index is 0.169. The van der Waals surface area contributed by atoms with E-state index in [9.17, 15) is 14.7 Å². The molecule has 19 heavy (non-hydrogen) atoms. The zero-order valence-corrected chi connectivity index (χ0v) is 10.8. The van der Waals surface area contributed by atoms with E-state index >= 15 is 0 Å². The van der Waals surface area contributed by atoms with Crippen molar-refractivity contribution >= 4 is 11.9 Å². The van der Waals surface area contributed by atoms with Gasteiger partial charge in [0.2, 0.25) is 5.91 Å². The van der Waals surface area contributed by atoms with Gasteiger partial charge in [0.1, 0.15) is 0 Å². The van der Waals surface area contributed by atoms with Crippen LogP contribution in [0.2, 0.25) is 0 Å². The van der Waals surface area contributed by atoms with Crippen LogP contribution in [-0.4, -0.2) is 11.9 Å². The number of hydrogen-bond donors (Lipinski definition) is 1. The van der Waals surface area contributed by atoms with Crippen molar-refractivity contribution in [2.24, 2.45) is 11.8 Å². The molecule has 0 aliphatic heterocycles. The van der Waals surface area contributed by atoms with Crippen LogP contribution in [0.25, 0.3) is 0 Å². The number of rotatable bonds is 4. The van der Waals surface area contributed by atoms with Crippen LogP contribution in [0.3, 0.4) is 0 Å². The molecule has 1 amide bonds. The number of carbonyl (C=O) groups is 2. The molecule has 0 aromatic heterocycles. The Balaban J connectivity index is 1.93. The van der Waals surface area contributed by atoms with Gasteiger partial charge in [-0.1, -0.05) is 43.2 Å². The summed E-state index contributed by atoms with van der Waals surface area (Å²) in [6, 6.07) is 9.59. The third-order valence-corrected chi connectivity index (χ3v) is 3.72. The van der Waals surface area contributed by atoms with Crippen LogP contribution in [0.1, 0.15) is 31.2 Å². The zero-order valence-electron chi connectivity index (χ0n) is 10.8. The largest absolute Gasteiger partial charge is 0.550 e. The lowest BCUT2D eigenvalue weighted by molar-refractivity contribution is -0.314. The SMILES string of the molecule is O=C([O-])C1CCCCC1C(=O)NCc1ccccc1. The molecule has 102 valence electrons. The van der Waals surface area contributed by atoms with Crippen LogP contribution in [0.5, 0.6) is 0 Å². The van der Waals surface area contributed by atoms with E-state index in [-0.39, 0.29) is 5.91 Å². The topological polar surface area (TPSA) is 69.2 Å². The van der Waals surface area contributed by atoms with E-state index < -0.39 is 17.8 Å². The highest BCUT2D eigenvalue weighted by atomic mass is 16.4. The molecule has 1 aliphatic carbocycles. The first-order valence-corrected chi connectivity index (χ1v) is 6.71. The van der Waals surface area contributed by atoms with Crippen molar-refractivity contribution in [3.05, 3.63) is 35.9 Å². The summed E-state index contributed by atoms with van der Waals surface area (Å²) in [5.41, 5.74) is 1.01. The smallest absolute Gasteiger partial charge is 0.224 e. The lowest BCUT2D eigenvalue weighted by Crippen LogP contribution is -2.44. The molecule has 1 fully saturated rings. The summed E-state index contributed by atoms with van der Waals surface area (Å²) < 4.78 is 0. The molecule has 0 radical (unpaired) electrons. The molecule has 4 heteroatoms. The Morgan fingerprint density at radius 2 is 1.74 bits per heavy atom. The fourth-order valence-corrected chi connectivity index (χ4v) is 2.64. The third kappa shape index (κ3) is 3.56. The number of carbonyl (C=O) groups excluding carboxylic acids is 2. The van der Waals surface area contributed by atoms with Crippen molar-refractivity contribution < 1.29 is 14.7 Å². The lowest BCUT2D eigenvalue weighted by atomic mass is 9.78. The minimum Gasteiger partial charge on any atom is -0.550 e. The van der Waals surface area contributed by atoms with Gasteiger partial charge in [0.05, 0.1) is 0 Å². The molecular formula is C15H18NO3-. The molecule has 1 saturated carbocycles.